The van der Waals surface area contributed by atoms with Crippen molar-refractivity contribution in [1.29, 1.82) is 0 Å². The zero-order chi connectivity index (χ0) is 14.3. The van der Waals surface area contributed by atoms with Gasteiger partial charge in [0.25, 0.3) is 0 Å². The van der Waals surface area contributed by atoms with Crippen LogP contribution < -0.4 is 5.32 Å². The summed E-state index contributed by atoms with van der Waals surface area (Å²) < 4.78 is 10.4. The minimum atomic E-state index is -0.489. The first-order valence-electron chi connectivity index (χ1n) is 7.21. The van der Waals surface area contributed by atoms with E-state index in [0.717, 1.165) is 39.0 Å². The lowest BCUT2D eigenvalue weighted by Gasteiger charge is -2.30. The second kappa shape index (κ2) is 7.82. The van der Waals surface area contributed by atoms with Gasteiger partial charge in [0.1, 0.15) is 5.54 Å². The summed E-state index contributed by atoms with van der Waals surface area (Å²) >= 11 is 0. The molecule has 0 amide bonds. The summed E-state index contributed by atoms with van der Waals surface area (Å²) in [6.45, 7) is 6.73. The third-order valence-electron chi connectivity index (χ3n) is 3.94. The number of nitrogens with one attached hydrogen (secondary N) is 1. The Bertz CT molecular complexity index is 286. The summed E-state index contributed by atoms with van der Waals surface area (Å²) in [4.78, 5) is 14.5. The molecule has 0 radical (unpaired) electrons. The van der Waals surface area contributed by atoms with Crippen molar-refractivity contribution in [3.63, 3.8) is 0 Å². The Morgan fingerprint density at radius 2 is 2.21 bits per heavy atom. The van der Waals surface area contributed by atoms with Gasteiger partial charge in [-0.25, -0.2) is 0 Å². The number of likely N-dealkylation sites (N-methyl/N-ethyl adjacent to an activating group) is 2. The Morgan fingerprint density at radius 1 is 1.47 bits per heavy atom. The van der Waals surface area contributed by atoms with Crippen molar-refractivity contribution < 1.29 is 14.3 Å². The van der Waals surface area contributed by atoms with E-state index in [4.69, 9.17) is 9.47 Å². The van der Waals surface area contributed by atoms with Gasteiger partial charge in [-0.2, -0.15) is 0 Å². The van der Waals surface area contributed by atoms with Gasteiger partial charge in [0.05, 0.1) is 13.2 Å². The number of nitrogens with zero attached hydrogens (tertiary/aromatic N) is 1. The molecule has 1 N–H and O–H groups in total. The Kier molecular flexibility index (Phi) is 6.75. The van der Waals surface area contributed by atoms with Gasteiger partial charge in [-0.3, -0.25) is 4.79 Å². The highest BCUT2D eigenvalue weighted by atomic mass is 16.5. The molecule has 1 aliphatic rings. The SMILES string of the molecule is CCNC1(C(=O)OCC)CCC(N(C)CCOC)C1. The summed E-state index contributed by atoms with van der Waals surface area (Å²) in [5, 5.41) is 3.35. The Hall–Kier alpha value is -0.650. The summed E-state index contributed by atoms with van der Waals surface area (Å²) in [5.41, 5.74) is -0.489. The standard InChI is InChI=1S/C14H28N2O3/c1-5-15-14(13(17)19-6-2)8-7-12(11-14)16(3)9-10-18-4/h12,15H,5-11H2,1-4H3. The Labute approximate surface area is 116 Å². The summed E-state index contributed by atoms with van der Waals surface area (Å²) in [6, 6.07) is 0.415. The van der Waals surface area contributed by atoms with E-state index in [0.29, 0.717) is 12.6 Å². The molecule has 112 valence electrons. The molecule has 2 atom stereocenters. The third kappa shape index (κ3) is 4.16. The molecule has 1 aliphatic carbocycles. The molecule has 0 bridgehead atoms. The topological polar surface area (TPSA) is 50.8 Å². The predicted octanol–water partition coefficient (Wildman–Crippen LogP) is 1.03. The van der Waals surface area contributed by atoms with Crippen LogP contribution >= 0.6 is 0 Å². The number of esters is 1. The zero-order valence-electron chi connectivity index (χ0n) is 12.7. The van der Waals surface area contributed by atoms with E-state index in [1.807, 2.05) is 13.8 Å². The van der Waals surface area contributed by atoms with Crippen LogP contribution in [-0.2, 0) is 14.3 Å². The van der Waals surface area contributed by atoms with Gasteiger partial charge in [0.2, 0.25) is 0 Å². The van der Waals surface area contributed by atoms with E-state index < -0.39 is 5.54 Å². The molecule has 5 heteroatoms. The molecular formula is C14H28N2O3. The molecule has 2 unspecified atom stereocenters. The van der Waals surface area contributed by atoms with Crippen LogP contribution in [0.25, 0.3) is 0 Å². The highest BCUT2D eigenvalue weighted by molar-refractivity contribution is 5.81. The van der Waals surface area contributed by atoms with Crippen molar-refractivity contribution in [3.8, 4) is 0 Å². The molecule has 1 saturated carbocycles. The summed E-state index contributed by atoms with van der Waals surface area (Å²) in [6.07, 6.45) is 2.69. The van der Waals surface area contributed by atoms with Gasteiger partial charge in [0, 0.05) is 19.7 Å². The minimum absolute atomic E-state index is 0.0977. The molecule has 0 aromatic heterocycles. The van der Waals surface area contributed by atoms with Crippen LogP contribution in [0.2, 0.25) is 0 Å². The number of hydrogen-bond donors (Lipinski definition) is 1. The molecule has 19 heavy (non-hydrogen) atoms. The quantitative estimate of drug-likeness (QED) is 0.669. The molecule has 1 fully saturated rings. The van der Waals surface area contributed by atoms with Gasteiger partial charge in [0.15, 0.2) is 0 Å². The molecule has 0 saturated heterocycles. The monoisotopic (exact) mass is 272 g/mol. The molecule has 0 aromatic carbocycles. The van der Waals surface area contributed by atoms with Crippen LogP contribution in [0.1, 0.15) is 33.1 Å². The van der Waals surface area contributed by atoms with Crippen molar-refractivity contribution in [2.24, 2.45) is 0 Å². The van der Waals surface area contributed by atoms with Crippen molar-refractivity contribution in [2.75, 3.05) is 40.5 Å². The maximum atomic E-state index is 12.2. The van der Waals surface area contributed by atoms with Crippen LogP contribution in [0.15, 0.2) is 0 Å². The number of carbonyl (C=O) groups is 1. The lowest BCUT2D eigenvalue weighted by Crippen LogP contribution is -2.52. The Morgan fingerprint density at radius 3 is 2.79 bits per heavy atom. The average Bonchev–Trinajstić information content (AvgIpc) is 2.82. The van der Waals surface area contributed by atoms with Crippen molar-refractivity contribution in [3.05, 3.63) is 0 Å². The van der Waals surface area contributed by atoms with E-state index in [1.165, 1.54) is 0 Å². The summed E-state index contributed by atoms with van der Waals surface area (Å²) in [5.74, 6) is -0.0977. The third-order valence-corrected chi connectivity index (χ3v) is 3.94. The van der Waals surface area contributed by atoms with Crippen LogP contribution in [0.4, 0.5) is 0 Å². The first-order valence-corrected chi connectivity index (χ1v) is 7.21. The molecule has 5 nitrogen and oxygen atoms in total. The predicted molar refractivity (Wildman–Crippen MR) is 75.2 cm³/mol. The van der Waals surface area contributed by atoms with Crippen molar-refractivity contribution in [2.45, 2.75) is 44.7 Å². The van der Waals surface area contributed by atoms with Crippen molar-refractivity contribution >= 4 is 5.97 Å². The van der Waals surface area contributed by atoms with Crippen LogP contribution in [0.3, 0.4) is 0 Å². The largest absolute Gasteiger partial charge is 0.465 e. The minimum Gasteiger partial charge on any atom is -0.465 e. The number of carbonyl (C=O) groups excluding carboxylic acids is 1. The van der Waals surface area contributed by atoms with E-state index in [2.05, 4.69) is 17.3 Å². The number of rotatable bonds is 8. The smallest absolute Gasteiger partial charge is 0.326 e. The highest BCUT2D eigenvalue weighted by Gasteiger charge is 2.46. The van der Waals surface area contributed by atoms with E-state index in [9.17, 15) is 4.79 Å². The van der Waals surface area contributed by atoms with Crippen LogP contribution in [0, 0.1) is 0 Å². The molecular weight excluding hydrogens is 244 g/mol. The van der Waals surface area contributed by atoms with E-state index in [1.54, 1.807) is 7.11 Å². The maximum Gasteiger partial charge on any atom is 0.326 e. The zero-order valence-corrected chi connectivity index (χ0v) is 12.7. The van der Waals surface area contributed by atoms with Crippen LogP contribution in [-0.4, -0.2) is 62.9 Å². The molecule has 0 aromatic rings. The van der Waals surface area contributed by atoms with Crippen molar-refractivity contribution in [1.82, 2.24) is 10.2 Å². The molecule has 0 heterocycles. The Balaban J connectivity index is 2.63. The van der Waals surface area contributed by atoms with Gasteiger partial charge < -0.3 is 19.7 Å². The fourth-order valence-corrected chi connectivity index (χ4v) is 2.84. The normalized spacial score (nSPS) is 26.9. The maximum absolute atomic E-state index is 12.2. The molecule has 0 aliphatic heterocycles. The highest BCUT2D eigenvalue weighted by Crippen LogP contribution is 2.33. The van der Waals surface area contributed by atoms with Gasteiger partial charge in [-0.15, -0.1) is 0 Å². The number of hydrogen-bond acceptors (Lipinski definition) is 5. The first-order chi connectivity index (χ1) is 9.09. The summed E-state index contributed by atoms with van der Waals surface area (Å²) in [7, 11) is 3.81. The van der Waals surface area contributed by atoms with Gasteiger partial charge >= 0.3 is 5.97 Å². The fourth-order valence-electron chi connectivity index (χ4n) is 2.84. The molecule has 1 rings (SSSR count). The average molecular weight is 272 g/mol. The number of ether oxygens (including phenoxy) is 2. The van der Waals surface area contributed by atoms with Gasteiger partial charge in [-0.1, -0.05) is 6.92 Å². The molecule has 0 spiro atoms. The van der Waals surface area contributed by atoms with E-state index >= 15 is 0 Å². The van der Waals surface area contributed by atoms with Gasteiger partial charge in [-0.05, 0) is 39.8 Å². The second-order valence-electron chi connectivity index (χ2n) is 5.20. The number of methoxy groups -OCH3 is 1. The van der Waals surface area contributed by atoms with Crippen LogP contribution in [0.5, 0.6) is 0 Å². The second-order valence-corrected chi connectivity index (χ2v) is 5.20. The fraction of sp³-hybridized carbons (Fsp3) is 0.929. The lowest BCUT2D eigenvalue weighted by atomic mass is 9.97. The van der Waals surface area contributed by atoms with E-state index in [-0.39, 0.29) is 5.97 Å². The first kappa shape index (κ1) is 16.4. The lowest BCUT2D eigenvalue weighted by molar-refractivity contribution is -0.151.